The van der Waals surface area contributed by atoms with Crippen LogP contribution in [0.25, 0.3) is 0 Å². The van der Waals surface area contributed by atoms with E-state index in [9.17, 15) is 4.79 Å². The van der Waals surface area contributed by atoms with Gasteiger partial charge >= 0.3 is 0 Å². The van der Waals surface area contributed by atoms with E-state index in [0.717, 1.165) is 50.0 Å². The second kappa shape index (κ2) is 12.0. The Balaban J connectivity index is 0.00000300. The number of rotatable bonds is 7. The highest BCUT2D eigenvalue weighted by Crippen LogP contribution is 2.27. The summed E-state index contributed by atoms with van der Waals surface area (Å²) in [4.78, 5) is 16.7. The molecule has 2 fully saturated rings. The van der Waals surface area contributed by atoms with E-state index in [1.165, 1.54) is 0 Å². The third kappa shape index (κ3) is 7.61. The number of methoxy groups -OCH3 is 1. The van der Waals surface area contributed by atoms with E-state index in [-0.39, 0.29) is 47.9 Å². The zero-order chi connectivity index (χ0) is 19.9. The molecule has 3 unspecified atom stereocenters. The highest BCUT2D eigenvalue weighted by molar-refractivity contribution is 14.0. The molecule has 0 radical (unpaired) electrons. The van der Waals surface area contributed by atoms with Gasteiger partial charge in [0.15, 0.2) is 5.96 Å². The summed E-state index contributed by atoms with van der Waals surface area (Å²) in [6, 6.07) is 8.37. The first kappa shape index (κ1) is 24.2. The monoisotopic (exact) mass is 534 g/mol. The van der Waals surface area contributed by atoms with Crippen LogP contribution in [0.1, 0.15) is 50.2 Å². The molecule has 3 N–H and O–H groups in total. The van der Waals surface area contributed by atoms with E-state index >= 15 is 0 Å². The van der Waals surface area contributed by atoms with Gasteiger partial charge in [-0.25, -0.2) is 0 Å². The van der Waals surface area contributed by atoms with Crippen LogP contribution < -0.4 is 16.0 Å². The van der Waals surface area contributed by atoms with Crippen LogP contribution in [0, 0.1) is 5.92 Å². The lowest BCUT2D eigenvalue weighted by Gasteiger charge is -2.30. The van der Waals surface area contributed by atoms with Gasteiger partial charge in [-0.15, -0.1) is 24.0 Å². The summed E-state index contributed by atoms with van der Waals surface area (Å²) in [5.74, 6) is 1.05. The first-order valence-corrected chi connectivity index (χ1v) is 10.5. The molecular formula is C21H32ClIN4O2. The molecule has 6 nitrogen and oxygen atoms in total. The summed E-state index contributed by atoms with van der Waals surface area (Å²) in [7, 11) is 3.45. The minimum atomic E-state index is -0.124. The number of amides is 1. The molecular weight excluding hydrogens is 503 g/mol. The second-order valence-corrected chi connectivity index (χ2v) is 8.16. The van der Waals surface area contributed by atoms with Crippen molar-refractivity contribution >= 4 is 47.4 Å². The predicted octanol–water partition coefficient (Wildman–Crippen LogP) is 3.65. The van der Waals surface area contributed by atoms with Crippen LogP contribution in [0.5, 0.6) is 0 Å². The molecule has 0 aliphatic heterocycles. The van der Waals surface area contributed by atoms with Gasteiger partial charge in [0.25, 0.3) is 0 Å². The van der Waals surface area contributed by atoms with Crippen LogP contribution in [0.2, 0.25) is 5.02 Å². The van der Waals surface area contributed by atoms with Crippen LogP contribution in [0.3, 0.4) is 0 Å². The van der Waals surface area contributed by atoms with Crippen LogP contribution in [-0.2, 0) is 9.53 Å². The van der Waals surface area contributed by atoms with E-state index in [1.54, 1.807) is 14.2 Å². The smallest absolute Gasteiger partial charge is 0.223 e. The van der Waals surface area contributed by atoms with Crippen LogP contribution in [0.15, 0.2) is 29.3 Å². The first-order chi connectivity index (χ1) is 13.6. The van der Waals surface area contributed by atoms with E-state index in [0.29, 0.717) is 17.6 Å². The standard InChI is InChI=1S/C21H31ClN4O2.HI/c1-23-21(24-13-19(28-2)14-5-3-7-16(22)11-14)26-18-8-4-6-15(12-18)20(27)25-17-9-10-17;/h3,5,7,11,15,17-19H,4,6,8-10,12-13H2,1-2H3,(H,25,27)(H2,23,24,26);1H. The second-order valence-electron chi connectivity index (χ2n) is 7.72. The third-order valence-electron chi connectivity index (χ3n) is 5.49. The molecule has 0 aromatic heterocycles. The van der Waals surface area contributed by atoms with Gasteiger partial charge in [0.2, 0.25) is 5.91 Å². The van der Waals surface area contributed by atoms with Gasteiger partial charge < -0.3 is 20.7 Å². The largest absolute Gasteiger partial charge is 0.375 e. The van der Waals surface area contributed by atoms with Crippen LogP contribution >= 0.6 is 35.6 Å². The number of hydrogen-bond donors (Lipinski definition) is 3. The lowest BCUT2D eigenvalue weighted by Crippen LogP contribution is -2.48. The molecule has 1 amide bonds. The Morgan fingerprint density at radius 3 is 2.69 bits per heavy atom. The Labute approximate surface area is 195 Å². The maximum Gasteiger partial charge on any atom is 0.223 e. The number of ether oxygens (including phenoxy) is 1. The van der Waals surface area contributed by atoms with Crippen LogP contribution in [-0.4, -0.2) is 44.7 Å². The Kier molecular flexibility index (Phi) is 9.98. The van der Waals surface area contributed by atoms with Gasteiger partial charge in [-0.2, -0.15) is 0 Å². The van der Waals surface area contributed by atoms with Crippen molar-refractivity contribution in [2.24, 2.45) is 10.9 Å². The Bertz CT molecular complexity index is 699. The molecule has 0 heterocycles. The van der Waals surface area contributed by atoms with Gasteiger partial charge in [-0.05, 0) is 49.8 Å². The minimum Gasteiger partial charge on any atom is -0.375 e. The number of halogens is 2. The number of nitrogens with zero attached hydrogens (tertiary/aromatic N) is 1. The zero-order valence-electron chi connectivity index (χ0n) is 17.1. The average molecular weight is 535 g/mol. The summed E-state index contributed by atoms with van der Waals surface area (Å²) in [6.45, 7) is 0.578. The number of hydrogen-bond acceptors (Lipinski definition) is 3. The lowest BCUT2D eigenvalue weighted by molar-refractivity contribution is -0.126. The topological polar surface area (TPSA) is 74.8 Å². The van der Waals surface area contributed by atoms with Crippen molar-refractivity contribution in [2.75, 3.05) is 20.7 Å². The molecule has 1 aromatic rings. The molecule has 2 aliphatic rings. The Morgan fingerprint density at radius 1 is 1.24 bits per heavy atom. The number of carbonyl (C=O) groups is 1. The molecule has 3 rings (SSSR count). The molecule has 162 valence electrons. The number of aliphatic imine (C=N–C) groups is 1. The minimum absolute atomic E-state index is 0. The highest BCUT2D eigenvalue weighted by Gasteiger charge is 2.31. The molecule has 1 aromatic carbocycles. The maximum absolute atomic E-state index is 12.4. The molecule has 8 heteroatoms. The average Bonchev–Trinajstić information content (AvgIpc) is 3.52. The van der Waals surface area contributed by atoms with E-state index in [4.69, 9.17) is 16.3 Å². The van der Waals surface area contributed by atoms with Crippen LogP contribution in [0.4, 0.5) is 0 Å². The quantitative estimate of drug-likeness (QED) is 0.284. The summed E-state index contributed by atoms with van der Waals surface area (Å²) in [6.07, 6.45) is 6.07. The SMILES string of the molecule is CN=C(NCC(OC)c1cccc(Cl)c1)NC1CCCC(C(=O)NC2CC2)C1.I. The molecule has 29 heavy (non-hydrogen) atoms. The number of guanidine groups is 1. The van der Waals surface area contributed by atoms with Gasteiger partial charge in [0, 0.05) is 43.7 Å². The van der Waals surface area contributed by atoms with Gasteiger partial charge in [0.05, 0.1) is 6.10 Å². The zero-order valence-corrected chi connectivity index (χ0v) is 20.2. The summed E-state index contributed by atoms with van der Waals surface area (Å²) >= 11 is 6.09. The van der Waals surface area contributed by atoms with E-state index < -0.39 is 0 Å². The Hall–Kier alpha value is -1.06. The van der Waals surface area contributed by atoms with Crippen molar-refractivity contribution in [3.63, 3.8) is 0 Å². The van der Waals surface area contributed by atoms with Gasteiger partial charge in [-0.1, -0.05) is 30.2 Å². The number of carbonyl (C=O) groups excluding carboxylic acids is 1. The van der Waals surface area contributed by atoms with Crippen molar-refractivity contribution in [1.82, 2.24) is 16.0 Å². The third-order valence-corrected chi connectivity index (χ3v) is 5.73. The number of nitrogens with one attached hydrogen (secondary N) is 3. The molecule has 0 spiro atoms. The normalized spacial score (nSPS) is 22.9. The summed E-state index contributed by atoms with van der Waals surface area (Å²) in [5.41, 5.74) is 1.02. The van der Waals surface area contributed by atoms with Crippen molar-refractivity contribution in [3.8, 4) is 0 Å². The highest BCUT2D eigenvalue weighted by atomic mass is 127. The molecule has 3 atom stereocenters. The lowest BCUT2D eigenvalue weighted by atomic mass is 9.85. The molecule has 0 saturated heterocycles. The fourth-order valence-corrected chi connectivity index (χ4v) is 3.93. The summed E-state index contributed by atoms with van der Waals surface area (Å²) in [5, 5.41) is 10.7. The number of benzene rings is 1. The van der Waals surface area contributed by atoms with Crippen molar-refractivity contribution < 1.29 is 9.53 Å². The first-order valence-electron chi connectivity index (χ1n) is 10.1. The van der Waals surface area contributed by atoms with Gasteiger partial charge in [-0.3, -0.25) is 9.79 Å². The van der Waals surface area contributed by atoms with Gasteiger partial charge in [0.1, 0.15) is 0 Å². The molecule has 2 saturated carbocycles. The molecule has 2 aliphatic carbocycles. The summed E-state index contributed by atoms with van der Waals surface area (Å²) < 4.78 is 5.61. The van der Waals surface area contributed by atoms with E-state index in [1.807, 2.05) is 24.3 Å². The maximum atomic E-state index is 12.4. The Morgan fingerprint density at radius 2 is 2.03 bits per heavy atom. The predicted molar refractivity (Wildman–Crippen MR) is 128 cm³/mol. The fourth-order valence-electron chi connectivity index (χ4n) is 3.73. The molecule has 0 bridgehead atoms. The fraction of sp³-hybridized carbons (Fsp3) is 0.619. The van der Waals surface area contributed by atoms with Crippen molar-refractivity contribution in [1.29, 1.82) is 0 Å². The van der Waals surface area contributed by atoms with Crippen molar-refractivity contribution in [3.05, 3.63) is 34.9 Å². The van der Waals surface area contributed by atoms with Crippen molar-refractivity contribution in [2.45, 2.75) is 56.7 Å². The van der Waals surface area contributed by atoms with E-state index in [2.05, 4.69) is 20.9 Å².